The van der Waals surface area contributed by atoms with Crippen molar-refractivity contribution in [3.8, 4) is 16.9 Å². The van der Waals surface area contributed by atoms with Crippen LogP contribution in [0.5, 0.6) is 5.75 Å². The van der Waals surface area contributed by atoms with Crippen molar-refractivity contribution in [3.63, 3.8) is 0 Å². The SMILES string of the molecule is CCOc1ccc(F)cc1-c1cnc2c(c1)N(CC1CC1)C(C=O)N2. The van der Waals surface area contributed by atoms with Crippen molar-refractivity contribution >= 4 is 17.8 Å². The third-order valence-electron chi connectivity index (χ3n) is 4.63. The van der Waals surface area contributed by atoms with Gasteiger partial charge in [-0.3, -0.25) is 4.79 Å². The van der Waals surface area contributed by atoms with Crippen LogP contribution in [0.2, 0.25) is 0 Å². The number of ether oxygens (including phenoxy) is 1. The summed E-state index contributed by atoms with van der Waals surface area (Å²) < 4.78 is 19.4. The number of carbonyl (C=O) groups is 1. The topological polar surface area (TPSA) is 54.5 Å². The van der Waals surface area contributed by atoms with Gasteiger partial charge in [0.15, 0.2) is 18.3 Å². The van der Waals surface area contributed by atoms with Crippen molar-refractivity contribution in [1.82, 2.24) is 4.98 Å². The molecule has 2 heterocycles. The van der Waals surface area contributed by atoms with Gasteiger partial charge in [-0.2, -0.15) is 0 Å². The van der Waals surface area contributed by atoms with E-state index in [-0.39, 0.29) is 5.82 Å². The second kappa shape index (κ2) is 6.35. The summed E-state index contributed by atoms with van der Waals surface area (Å²) >= 11 is 0. The standard InChI is InChI=1S/C19H20FN3O2/c1-2-25-17-6-5-14(20)8-15(17)13-7-16-19(21-9-13)22-18(11-24)23(16)10-12-3-4-12/h5-9,11-12,18H,2-4,10H2,1H3,(H,21,22). The first kappa shape index (κ1) is 15.9. The fourth-order valence-corrected chi connectivity index (χ4v) is 3.21. The zero-order chi connectivity index (χ0) is 17.4. The Balaban J connectivity index is 1.74. The molecule has 2 aliphatic rings. The van der Waals surface area contributed by atoms with Gasteiger partial charge >= 0.3 is 0 Å². The van der Waals surface area contributed by atoms with E-state index in [2.05, 4.69) is 15.2 Å². The largest absolute Gasteiger partial charge is 0.493 e. The van der Waals surface area contributed by atoms with Gasteiger partial charge in [0.25, 0.3) is 0 Å². The predicted molar refractivity (Wildman–Crippen MR) is 94.3 cm³/mol. The number of anilines is 2. The van der Waals surface area contributed by atoms with Crippen molar-refractivity contribution in [2.75, 3.05) is 23.4 Å². The molecule has 1 saturated carbocycles. The molecule has 2 aromatic rings. The summed E-state index contributed by atoms with van der Waals surface area (Å²) in [5.74, 6) is 1.62. The molecular weight excluding hydrogens is 321 g/mol. The number of aldehydes is 1. The van der Waals surface area contributed by atoms with E-state index in [9.17, 15) is 9.18 Å². The van der Waals surface area contributed by atoms with Gasteiger partial charge in [0.1, 0.15) is 11.6 Å². The molecule has 1 fully saturated rings. The fraction of sp³-hybridized carbons (Fsp3) is 0.368. The van der Waals surface area contributed by atoms with Gasteiger partial charge < -0.3 is 15.0 Å². The Morgan fingerprint density at radius 3 is 2.96 bits per heavy atom. The van der Waals surface area contributed by atoms with Crippen LogP contribution in [0, 0.1) is 11.7 Å². The van der Waals surface area contributed by atoms with E-state index in [1.807, 2.05) is 13.0 Å². The number of benzene rings is 1. The van der Waals surface area contributed by atoms with Crippen LogP contribution in [0.25, 0.3) is 11.1 Å². The molecule has 1 atom stereocenters. The summed E-state index contributed by atoms with van der Waals surface area (Å²) in [5, 5.41) is 3.14. The van der Waals surface area contributed by atoms with Gasteiger partial charge in [-0.15, -0.1) is 0 Å². The van der Waals surface area contributed by atoms with Crippen LogP contribution < -0.4 is 15.0 Å². The number of aromatic nitrogens is 1. The Morgan fingerprint density at radius 2 is 2.24 bits per heavy atom. The van der Waals surface area contributed by atoms with Crippen LogP contribution in [-0.2, 0) is 4.79 Å². The number of halogens is 1. The molecule has 1 unspecified atom stereocenters. The van der Waals surface area contributed by atoms with E-state index in [1.54, 1.807) is 12.3 Å². The van der Waals surface area contributed by atoms with E-state index in [4.69, 9.17) is 4.74 Å². The van der Waals surface area contributed by atoms with Crippen molar-refractivity contribution in [2.24, 2.45) is 5.92 Å². The number of nitrogens with zero attached hydrogens (tertiary/aromatic N) is 2. The molecule has 0 saturated heterocycles. The highest BCUT2D eigenvalue weighted by Crippen LogP contribution is 2.41. The number of carbonyl (C=O) groups excluding carboxylic acids is 1. The van der Waals surface area contributed by atoms with Crippen LogP contribution in [0.3, 0.4) is 0 Å². The Bertz CT molecular complexity index is 807. The summed E-state index contributed by atoms with van der Waals surface area (Å²) in [4.78, 5) is 17.9. The van der Waals surface area contributed by atoms with Crippen molar-refractivity contribution in [3.05, 3.63) is 36.3 Å². The summed E-state index contributed by atoms with van der Waals surface area (Å²) in [5.41, 5.74) is 2.32. The summed E-state index contributed by atoms with van der Waals surface area (Å²) in [7, 11) is 0. The Morgan fingerprint density at radius 1 is 1.40 bits per heavy atom. The molecular formula is C19H20FN3O2. The number of hydrogen-bond acceptors (Lipinski definition) is 5. The van der Waals surface area contributed by atoms with E-state index >= 15 is 0 Å². The van der Waals surface area contributed by atoms with Crippen LogP contribution in [0.1, 0.15) is 19.8 Å². The molecule has 6 heteroatoms. The molecule has 25 heavy (non-hydrogen) atoms. The number of fused-ring (bicyclic) bond motifs is 1. The molecule has 4 rings (SSSR count). The minimum atomic E-state index is -0.391. The summed E-state index contributed by atoms with van der Waals surface area (Å²) in [6, 6.07) is 6.44. The maximum absolute atomic E-state index is 13.8. The average molecular weight is 341 g/mol. The lowest BCUT2D eigenvalue weighted by atomic mass is 10.1. The van der Waals surface area contributed by atoms with E-state index in [0.717, 1.165) is 24.1 Å². The molecule has 1 aliphatic heterocycles. The second-order valence-corrected chi connectivity index (χ2v) is 6.49. The zero-order valence-corrected chi connectivity index (χ0v) is 14.0. The molecule has 1 aromatic carbocycles. The Kier molecular flexibility index (Phi) is 4.03. The van der Waals surface area contributed by atoms with Gasteiger partial charge in [-0.05, 0) is 49.9 Å². The molecule has 0 amide bonds. The molecule has 0 radical (unpaired) electrons. The van der Waals surface area contributed by atoms with Crippen LogP contribution in [0.15, 0.2) is 30.5 Å². The average Bonchev–Trinajstić information content (AvgIpc) is 3.37. The van der Waals surface area contributed by atoms with E-state index in [0.29, 0.717) is 29.7 Å². The molecule has 1 aromatic heterocycles. The zero-order valence-electron chi connectivity index (χ0n) is 14.0. The first-order valence-corrected chi connectivity index (χ1v) is 8.61. The highest BCUT2D eigenvalue weighted by molar-refractivity contribution is 5.85. The van der Waals surface area contributed by atoms with Crippen molar-refractivity contribution < 1.29 is 13.9 Å². The fourth-order valence-electron chi connectivity index (χ4n) is 3.21. The Hall–Kier alpha value is -2.63. The van der Waals surface area contributed by atoms with Gasteiger partial charge in [-0.25, -0.2) is 9.37 Å². The lowest BCUT2D eigenvalue weighted by molar-refractivity contribution is -0.108. The van der Waals surface area contributed by atoms with Crippen LogP contribution in [-0.4, -0.2) is 30.6 Å². The van der Waals surface area contributed by atoms with Gasteiger partial charge in [-0.1, -0.05) is 0 Å². The lowest BCUT2D eigenvalue weighted by Crippen LogP contribution is -2.38. The maximum atomic E-state index is 13.8. The minimum absolute atomic E-state index is 0.322. The number of pyridine rings is 1. The smallest absolute Gasteiger partial charge is 0.162 e. The minimum Gasteiger partial charge on any atom is -0.493 e. The molecule has 0 bridgehead atoms. The Labute approximate surface area is 145 Å². The van der Waals surface area contributed by atoms with Crippen LogP contribution >= 0.6 is 0 Å². The van der Waals surface area contributed by atoms with E-state index < -0.39 is 6.17 Å². The molecule has 5 nitrogen and oxygen atoms in total. The van der Waals surface area contributed by atoms with Crippen LogP contribution in [0.4, 0.5) is 15.9 Å². The first-order valence-electron chi connectivity index (χ1n) is 8.61. The highest BCUT2D eigenvalue weighted by atomic mass is 19.1. The third kappa shape index (κ3) is 3.04. The van der Waals surface area contributed by atoms with Crippen molar-refractivity contribution in [1.29, 1.82) is 0 Å². The second-order valence-electron chi connectivity index (χ2n) is 6.49. The van der Waals surface area contributed by atoms with Gasteiger partial charge in [0.2, 0.25) is 0 Å². The van der Waals surface area contributed by atoms with Crippen molar-refractivity contribution in [2.45, 2.75) is 25.9 Å². The maximum Gasteiger partial charge on any atom is 0.162 e. The number of rotatable bonds is 6. The number of hydrogen-bond donors (Lipinski definition) is 1. The molecule has 1 N–H and O–H groups in total. The molecule has 130 valence electrons. The monoisotopic (exact) mass is 341 g/mol. The highest BCUT2D eigenvalue weighted by Gasteiger charge is 2.34. The molecule has 1 aliphatic carbocycles. The van der Waals surface area contributed by atoms with Gasteiger partial charge in [0, 0.05) is 23.9 Å². The predicted octanol–water partition coefficient (Wildman–Crippen LogP) is 3.45. The van der Waals surface area contributed by atoms with E-state index in [1.165, 1.54) is 25.0 Å². The quantitative estimate of drug-likeness (QED) is 0.816. The van der Waals surface area contributed by atoms with Gasteiger partial charge in [0.05, 0.1) is 12.3 Å². The summed E-state index contributed by atoms with van der Waals surface area (Å²) in [6.45, 7) is 3.22. The number of nitrogens with one attached hydrogen (secondary N) is 1. The lowest BCUT2D eigenvalue weighted by Gasteiger charge is -2.22. The third-order valence-corrected chi connectivity index (χ3v) is 4.63. The first-order chi connectivity index (χ1) is 12.2. The summed E-state index contributed by atoms with van der Waals surface area (Å²) in [6.07, 6.45) is 4.59. The molecule has 0 spiro atoms. The normalized spacial score (nSPS) is 18.6.